The molecular weight excluding hydrogens is 316 g/mol. The molecule has 0 aliphatic heterocycles. The Kier molecular flexibility index (Phi) is 5.09. The van der Waals surface area contributed by atoms with Gasteiger partial charge in [0.2, 0.25) is 5.89 Å². The molecule has 0 bridgehead atoms. The van der Waals surface area contributed by atoms with Crippen LogP contribution >= 0.6 is 0 Å². The summed E-state index contributed by atoms with van der Waals surface area (Å²) in [5.41, 5.74) is 8.56. The van der Waals surface area contributed by atoms with Gasteiger partial charge in [0.1, 0.15) is 0 Å². The molecule has 0 atom stereocenters. The SMILES string of the molecule is CCCc1nc(Cc2ccc(C(=O)Nc3ccccc3N)cc2)no1. The van der Waals surface area contributed by atoms with Gasteiger partial charge in [-0.3, -0.25) is 4.79 Å². The van der Waals surface area contributed by atoms with Crippen LogP contribution in [0.1, 0.15) is 41.0 Å². The van der Waals surface area contributed by atoms with E-state index >= 15 is 0 Å². The second kappa shape index (κ2) is 7.61. The first-order valence-electron chi connectivity index (χ1n) is 8.22. The predicted molar refractivity (Wildman–Crippen MR) is 96.3 cm³/mol. The van der Waals surface area contributed by atoms with Crippen LogP contribution in [0.2, 0.25) is 0 Å². The summed E-state index contributed by atoms with van der Waals surface area (Å²) in [4.78, 5) is 16.7. The van der Waals surface area contributed by atoms with Gasteiger partial charge in [0.05, 0.1) is 11.4 Å². The van der Waals surface area contributed by atoms with Gasteiger partial charge >= 0.3 is 0 Å². The van der Waals surface area contributed by atoms with Gasteiger partial charge in [-0.15, -0.1) is 0 Å². The van der Waals surface area contributed by atoms with Crippen LogP contribution in [0.5, 0.6) is 0 Å². The third kappa shape index (κ3) is 4.23. The minimum atomic E-state index is -0.200. The standard InChI is InChI=1S/C19H20N4O2/c1-2-5-18-22-17(23-25-18)12-13-8-10-14(11-9-13)19(24)21-16-7-4-3-6-15(16)20/h3-4,6-11H,2,5,12,20H2,1H3,(H,21,24). The van der Waals surface area contributed by atoms with Crippen LogP contribution in [0.15, 0.2) is 53.1 Å². The van der Waals surface area contributed by atoms with Gasteiger partial charge < -0.3 is 15.6 Å². The van der Waals surface area contributed by atoms with Crippen molar-refractivity contribution in [3.05, 3.63) is 71.4 Å². The Morgan fingerprint density at radius 3 is 2.64 bits per heavy atom. The summed E-state index contributed by atoms with van der Waals surface area (Å²) < 4.78 is 5.18. The number of nitrogen functional groups attached to an aromatic ring is 1. The number of hydrogen-bond donors (Lipinski definition) is 2. The minimum absolute atomic E-state index is 0.200. The van der Waals surface area contributed by atoms with E-state index in [2.05, 4.69) is 22.4 Å². The lowest BCUT2D eigenvalue weighted by Gasteiger charge is -2.08. The van der Waals surface area contributed by atoms with Crippen molar-refractivity contribution in [1.82, 2.24) is 10.1 Å². The van der Waals surface area contributed by atoms with E-state index in [1.807, 2.05) is 24.3 Å². The number of aryl methyl sites for hydroxylation is 1. The van der Waals surface area contributed by atoms with Gasteiger partial charge in [0.15, 0.2) is 5.82 Å². The third-order valence-electron chi connectivity index (χ3n) is 3.76. The Morgan fingerprint density at radius 2 is 1.92 bits per heavy atom. The number of nitrogens with one attached hydrogen (secondary N) is 1. The van der Waals surface area contributed by atoms with Crippen molar-refractivity contribution >= 4 is 17.3 Å². The molecule has 0 spiro atoms. The van der Waals surface area contributed by atoms with Gasteiger partial charge in [0.25, 0.3) is 5.91 Å². The minimum Gasteiger partial charge on any atom is -0.397 e. The van der Waals surface area contributed by atoms with Crippen molar-refractivity contribution in [2.45, 2.75) is 26.2 Å². The second-order valence-corrected chi connectivity index (χ2v) is 5.77. The van der Waals surface area contributed by atoms with Crippen LogP contribution in [0.25, 0.3) is 0 Å². The molecule has 1 aromatic heterocycles. The first kappa shape index (κ1) is 16.7. The summed E-state index contributed by atoms with van der Waals surface area (Å²) in [7, 11) is 0. The van der Waals surface area contributed by atoms with Crippen molar-refractivity contribution in [3.63, 3.8) is 0 Å². The van der Waals surface area contributed by atoms with Gasteiger partial charge in [-0.1, -0.05) is 36.3 Å². The highest BCUT2D eigenvalue weighted by Crippen LogP contribution is 2.18. The molecule has 1 amide bonds. The van der Waals surface area contributed by atoms with Gasteiger partial charge in [-0.25, -0.2) is 0 Å². The molecule has 3 aromatic rings. The summed E-state index contributed by atoms with van der Waals surface area (Å²) in [5.74, 6) is 1.11. The van der Waals surface area contributed by atoms with E-state index in [0.717, 1.165) is 18.4 Å². The maximum absolute atomic E-state index is 12.3. The summed E-state index contributed by atoms with van der Waals surface area (Å²) >= 11 is 0. The first-order valence-corrected chi connectivity index (χ1v) is 8.22. The van der Waals surface area contributed by atoms with E-state index in [9.17, 15) is 4.79 Å². The van der Waals surface area contributed by atoms with E-state index in [1.165, 1.54) is 0 Å². The molecule has 128 valence electrons. The van der Waals surface area contributed by atoms with Crippen molar-refractivity contribution in [2.24, 2.45) is 0 Å². The number of benzene rings is 2. The zero-order chi connectivity index (χ0) is 17.6. The van der Waals surface area contributed by atoms with Crippen molar-refractivity contribution in [1.29, 1.82) is 0 Å². The van der Waals surface area contributed by atoms with Crippen molar-refractivity contribution < 1.29 is 9.32 Å². The molecule has 0 fully saturated rings. The van der Waals surface area contributed by atoms with Gasteiger partial charge in [-0.2, -0.15) is 4.98 Å². The van der Waals surface area contributed by atoms with E-state index in [0.29, 0.717) is 35.1 Å². The number of carbonyl (C=O) groups is 1. The third-order valence-corrected chi connectivity index (χ3v) is 3.76. The molecule has 0 aliphatic rings. The number of carbonyl (C=O) groups excluding carboxylic acids is 1. The summed E-state index contributed by atoms with van der Waals surface area (Å²) in [6.07, 6.45) is 2.33. The molecule has 1 heterocycles. The predicted octanol–water partition coefficient (Wildman–Crippen LogP) is 3.45. The lowest BCUT2D eigenvalue weighted by atomic mass is 10.1. The zero-order valence-corrected chi connectivity index (χ0v) is 14.0. The molecule has 2 aromatic carbocycles. The highest BCUT2D eigenvalue weighted by molar-refractivity contribution is 6.05. The largest absolute Gasteiger partial charge is 0.397 e. The molecule has 0 radical (unpaired) electrons. The molecule has 0 aliphatic carbocycles. The molecule has 3 N–H and O–H groups in total. The number of aromatic nitrogens is 2. The summed E-state index contributed by atoms with van der Waals surface area (Å²) in [6.45, 7) is 2.07. The molecule has 6 nitrogen and oxygen atoms in total. The Hall–Kier alpha value is -3.15. The summed E-state index contributed by atoms with van der Waals surface area (Å²) in [5, 5.41) is 6.78. The first-order chi connectivity index (χ1) is 12.2. The Labute approximate surface area is 146 Å². The normalized spacial score (nSPS) is 10.6. The fourth-order valence-electron chi connectivity index (χ4n) is 2.44. The quantitative estimate of drug-likeness (QED) is 0.672. The molecule has 0 saturated carbocycles. The summed E-state index contributed by atoms with van der Waals surface area (Å²) in [6, 6.07) is 14.5. The highest BCUT2D eigenvalue weighted by atomic mass is 16.5. The lowest BCUT2D eigenvalue weighted by molar-refractivity contribution is 0.102. The topological polar surface area (TPSA) is 94.0 Å². The molecule has 3 rings (SSSR count). The Morgan fingerprint density at radius 1 is 1.16 bits per heavy atom. The maximum Gasteiger partial charge on any atom is 0.255 e. The molecule has 0 saturated heterocycles. The van der Waals surface area contributed by atoms with Crippen LogP contribution < -0.4 is 11.1 Å². The number of nitrogens with two attached hydrogens (primary N) is 1. The van der Waals surface area contributed by atoms with Crippen LogP contribution in [0.4, 0.5) is 11.4 Å². The monoisotopic (exact) mass is 336 g/mol. The van der Waals surface area contributed by atoms with Crippen LogP contribution in [0.3, 0.4) is 0 Å². The Bertz CT molecular complexity index is 856. The number of anilines is 2. The van der Waals surface area contributed by atoms with Crippen LogP contribution in [0, 0.1) is 0 Å². The number of rotatable bonds is 6. The van der Waals surface area contributed by atoms with Crippen LogP contribution in [-0.2, 0) is 12.8 Å². The maximum atomic E-state index is 12.3. The Balaban J connectivity index is 1.65. The average Bonchev–Trinajstić information content (AvgIpc) is 3.05. The van der Waals surface area contributed by atoms with E-state index in [1.54, 1.807) is 24.3 Å². The van der Waals surface area contributed by atoms with Crippen molar-refractivity contribution in [3.8, 4) is 0 Å². The fourth-order valence-corrected chi connectivity index (χ4v) is 2.44. The number of para-hydroxylation sites is 2. The van der Waals surface area contributed by atoms with Gasteiger partial charge in [-0.05, 0) is 36.2 Å². The highest BCUT2D eigenvalue weighted by Gasteiger charge is 2.10. The van der Waals surface area contributed by atoms with Crippen molar-refractivity contribution in [2.75, 3.05) is 11.1 Å². The molecular formula is C19H20N4O2. The average molecular weight is 336 g/mol. The van der Waals surface area contributed by atoms with E-state index in [-0.39, 0.29) is 5.91 Å². The zero-order valence-electron chi connectivity index (χ0n) is 14.0. The number of hydrogen-bond acceptors (Lipinski definition) is 5. The number of amides is 1. The molecule has 0 unspecified atom stereocenters. The molecule has 6 heteroatoms. The lowest BCUT2D eigenvalue weighted by Crippen LogP contribution is -2.13. The molecule has 25 heavy (non-hydrogen) atoms. The number of nitrogens with zero attached hydrogens (tertiary/aromatic N) is 2. The van der Waals surface area contributed by atoms with Crippen LogP contribution in [-0.4, -0.2) is 16.0 Å². The smallest absolute Gasteiger partial charge is 0.255 e. The van der Waals surface area contributed by atoms with E-state index < -0.39 is 0 Å². The second-order valence-electron chi connectivity index (χ2n) is 5.77. The van der Waals surface area contributed by atoms with E-state index in [4.69, 9.17) is 10.3 Å². The fraction of sp³-hybridized carbons (Fsp3) is 0.211. The van der Waals surface area contributed by atoms with Gasteiger partial charge in [0, 0.05) is 18.4 Å².